The van der Waals surface area contributed by atoms with Crippen LogP contribution in [0, 0.1) is 5.92 Å². The van der Waals surface area contributed by atoms with Crippen molar-refractivity contribution >= 4 is 40.6 Å². The van der Waals surface area contributed by atoms with Crippen LogP contribution < -0.4 is 15.4 Å². The highest BCUT2D eigenvalue weighted by Crippen LogP contribution is 2.39. The van der Waals surface area contributed by atoms with Crippen LogP contribution in [0.5, 0.6) is 5.75 Å². The molecule has 3 aromatic carbocycles. The molecule has 1 saturated heterocycles. The molecule has 0 unspecified atom stereocenters. The molecule has 2 aliphatic heterocycles. The first-order valence-electron chi connectivity index (χ1n) is 12.9. The van der Waals surface area contributed by atoms with Crippen molar-refractivity contribution in [2.75, 3.05) is 32.1 Å². The second-order valence-electron chi connectivity index (χ2n) is 9.83. The van der Waals surface area contributed by atoms with Crippen LogP contribution in [0.1, 0.15) is 32.0 Å². The molecule has 1 fully saturated rings. The third-order valence-corrected chi connectivity index (χ3v) is 9.09. The van der Waals surface area contributed by atoms with E-state index in [2.05, 4.69) is 27.6 Å². The van der Waals surface area contributed by atoms with E-state index >= 15 is 0 Å². The molecule has 7 nitrogen and oxygen atoms in total. The smallest absolute Gasteiger partial charge is 0.256 e. The number of nitrogens with one attached hydrogen (secondary N) is 2. The third-order valence-electron chi connectivity index (χ3n) is 6.89. The first-order valence-corrected chi connectivity index (χ1v) is 14.5. The summed E-state index contributed by atoms with van der Waals surface area (Å²) in [5, 5.41) is 6.81. The monoisotopic (exact) mass is 556 g/mol. The van der Waals surface area contributed by atoms with E-state index in [0.717, 1.165) is 50.7 Å². The SMILES string of the molecule is CN1CC[C@@H](COc2ccc(-c3ncc(CNC(=O)c4ccc5c(c4)NC(=O)c4ccccc4S5)s3)cc2)C1. The average Bonchev–Trinajstić information content (AvgIpc) is 3.57. The van der Waals surface area contributed by atoms with Crippen LogP contribution >= 0.6 is 23.1 Å². The van der Waals surface area contributed by atoms with Crippen molar-refractivity contribution in [2.24, 2.45) is 5.92 Å². The lowest BCUT2D eigenvalue weighted by atomic mass is 10.1. The highest BCUT2D eigenvalue weighted by molar-refractivity contribution is 7.99. The van der Waals surface area contributed by atoms with Crippen LogP contribution in [-0.2, 0) is 6.54 Å². The summed E-state index contributed by atoms with van der Waals surface area (Å²) in [4.78, 5) is 35.2. The normalized spacial score (nSPS) is 16.6. The minimum Gasteiger partial charge on any atom is -0.493 e. The number of aromatic nitrogens is 1. The molecule has 0 aliphatic carbocycles. The van der Waals surface area contributed by atoms with Crippen LogP contribution in [0.2, 0.25) is 0 Å². The van der Waals surface area contributed by atoms with Gasteiger partial charge in [-0.15, -0.1) is 11.3 Å². The molecule has 9 heteroatoms. The van der Waals surface area contributed by atoms with Crippen molar-refractivity contribution in [2.45, 2.75) is 22.8 Å². The van der Waals surface area contributed by atoms with Gasteiger partial charge in [-0.2, -0.15) is 0 Å². The number of fused-ring (bicyclic) bond motifs is 2. The average molecular weight is 557 g/mol. The van der Waals surface area contributed by atoms with Crippen LogP contribution in [0.4, 0.5) is 5.69 Å². The van der Waals surface area contributed by atoms with E-state index in [1.807, 2.05) is 48.5 Å². The lowest BCUT2D eigenvalue weighted by Gasteiger charge is -2.12. The topological polar surface area (TPSA) is 83.6 Å². The number of ether oxygens (including phenoxy) is 1. The molecular formula is C30H28N4O3S2. The minimum absolute atomic E-state index is 0.173. The van der Waals surface area contributed by atoms with Gasteiger partial charge in [0.25, 0.3) is 11.8 Å². The molecule has 4 aromatic rings. The van der Waals surface area contributed by atoms with Crippen LogP contribution in [0.15, 0.2) is 82.7 Å². The maximum Gasteiger partial charge on any atom is 0.256 e. The zero-order valence-electron chi connectivity index (χ0n) is 21.5. The number of benzene rings is 3. The number of carbonyl (C=O) groups is 2. The van der Waals surface area contributed by atoms with Gasteiger partial charge in [0.15, 0.2) is 0 Å². The van der Waals surface area contributed by atoms with E-state index in [9.17, 15) is 9.59 Å². The van der Waals surface area contributed by atoms with Gasteiger partial charge < -0.3 is 20.3 Å². The molecule has 0 radical (unpaired) electrons. The fourth-order valence-corrected chi connectivity index (χ4v) is 6.64. The lowest BCUT2D eigenvalue weighted by Crippen LogP contribution is -2.22. The molecule has 1 atom stereocenters. The zero-order valence-corrected chi connectivity index (χ0v) is 23.1. The molecule has 0 saturated carbocycles. The molecule has 1 aromatic heterocycles. The Morgan fingerprint density at radius 2 is 1.97 bits per heavy atom. The number of rotatable bonds is 7. The van der Waals surface area contributed by atoms with Gasteiger partial charge in [-0.3, -0.25) is 9.59 Å². The van der Waals surface area contributed by atoms with E-state index in [4.69, 9.17) is 4.74 Å². The van der Waals surface area contributed by atoms with Crippen molar-refractivity contribution in [3.63, 3.8) is 0 Å². The van der Waals surface area contributed by atoms with E-state index in [1.165, 1.54) is 18.2 Å². The Hall–Kier alpha value is -3.66. The van der Waals surface area contributed by atoms with E-state index in [1.54, 1.807) is 35.7 Å². The highest BCUT2D eigenvalue weighted by atomic mass is 32.2. The number of anilines is 1. The number of thiazole rings is 1. The predicted molar refractivity (Wildman–Crippen MR) is 155 cm³/mol. The summed E-state index contributed by atoms with van der Waals surface area (Å²) in [5.41, 5.74) is 2.78. The third kappa shape index (κ3) is 5.85. The fourth-order valence-electron chi connectivity index (χ4n) is 4.77. The Morgan fingerprint density at radius 1 is 1.13 bits per heavy atom. The standard InChI is InChI=1S/C30H28N4O3S2/c1-34-13-12-19(17-34)18-37-22-9-6-20(7-10-22)30-32-16-23(38-30)15-31-28(35)21-8-11-27-25(14-21)33-29(36)24-4-2-3-5-26(24)39-27/h2-11,14,16,19H,12-13,15,17-18H2,1H3,(H,31,35)(H,33,36)/t19-/m1/s1. The molecule has 6 rings (SSSR count). The fraction of sp³-hybridized carbons (Fsp3) is 0.233. The van der Waals surface area contributed by atoms with Crippen LogP contribution in [-0.4, -0.2) is 48.4 Å². The largest absolute Gasteiger partial charge is 0.493 e. The van der Waals surface area contributed by atoms with E-state index in [-0.39, 0.29) is 11.8 Å². The maximum absolute atomic E-state index is 12.9. The van der Waals surface area contributed by atoms with Crippen molar-refractivity contribution in [1.82, 2.24) is 15.2 Å². The number of nitrogens with zero attached hydrogens (tertiary/aromatic N) is 2. The van der Waals surface area contributed by atoms with Crippen LogP contribution in [0.25, 0.3) is 10.6 Å². The maximum atomic E-state index is 12.9. The number of hydrogen-bond acceptors (Lipinski definition) is 7. The molecule has 0 bridgehead atoms. The van der Waals surface area contributed by atoms with Gasteiger partial charge in [-0.1, -0.05) is 23.9 Å². The number of likely N-dealkylation sites (tertiary alicyclic amines) is 1. The predicted octanol–water partition coefficient (Wildman–Crippen LogP) is 5.79. The van der Waals surface area contributed by atoms with Gasteiger partial charge in [0, 0.05) is 44.5 Å². The summed E-state index contributed by atoms with van der Waals surface area (Å²) >= 11 is 3.07. The Labute approximate surface area is 235 Å². The van der Waals surface area contributed by atoms with E-state index < -0.39 is 0 Å². The van der Waals surface area contributed by atoms with Crippen molar-refractivity contribution < 1.29 is 14.3 Å². The zero-order chi connectivity index (χ0) is 26.8. The van der Waals surface area contributed by atoms with Gasteiger partial charge in [-0.25, -0.2) is 4.98 Å². The first kappa shape index (κ1) is 25.6. The van der Waals surface area contributed by atoms with Crippen molar-refractivity contribution in [3.8, 4) is 16.3 Å². The summed E-state index contributed by atoms with van der Waals surface area (Å²) < 4.78 is 5.99. The number of amides is 2. The second kappa shape index (κ2) is 11.2. The second-order valence-corrected chi connectivity index (χ2v) is 12.0. The molecule has 0 spiro atoms. The Morgan fingerprint density at radius 3 is 2.79 bits per heavy atom. The minimum atomic E-state index is -0.205. The highest BCUT2D eigenvalue weighted by Gasteiger charge is 2.21. The molecule has 39 heavy (non-hydrogen) atoms. The summed E-state index contributed by atoms with van der Waals surface area (Å²) in [7, 11) is 2.15. The van der Waals surface area contributed by atoms with Crippen molar-refractivity contribution in [1.29, 1.82) is 0 Å². The van der Waals surface area contributed by atoms with Gasteiger partial charge in [0.2, 0.25) is 0 Å². The Balaban J connectivity index is 1.05. The van der Waals surface area contributed by atoms with Gasteiger partial charge in [0.1, 0.15) is 10.8 Å². The van der Waals surface area contributed by atoms with Gasteiger partial charge >= 0.3 is 0 Å². The molecule has 2 amide bonds. The van der Waals surface area contributed by atoms with E-state index in [0.29, 0.717) is 29.3 Å². The summed E-state index contributed by atoms with van der Waals surface area (Å²) in [6.07, 6.45) is 2.98. The number of hydrogen-bond donors (Lipinski definition) is 2. The Bertz CT molecular complexity index is 1520. The molecule has 2 aliphatic rings. The van der Waals surface area contributed by atoms with Gasteiger partial charge in [-0.05, 0) is 74.6 Å². The summed E-state index contributed by atoms with van der Waals surface area (Å²) in [6.45, 7) is 3.35. The molecular weight excluding hydrogens is 528 g/mol. The number of carbonyl (C=O) groups excluding carboxylic acids is 2. The first-order chi connectivity index (χ1) is 19.0. The van der Waals surface area contributed by atoms with Crippen LogP contribution in [0.3, 0.4) is 0 Å². The summed E-state index contributed by atoms with van der Waals surface area (Å²) in [6, 6.07) is 20.9. The Kier molecular flexibility index (Phi) is 7.36. The molecule has 198 valence electrons. The molecule has 2 N–H and O–H groups in total. The molecule has 3 heterocycles. The lowest BCUT2D eigenvalue weighted by molar-refractivity contribution is 0.0949. The quantitative estimate of drug-likeness (QED) is 0.300. The summed E-state index contributed by atoms with van der Waals surface area (Å²) in [5.74, 6) is 1.08. The van der Waals surface area contributed by atoms with Crippen molar-refractivity contribution in [3.05, 3.63) is 88.9 Å². The van der Waals surface area contributed by atoms with Gasteiger partial charge in [0.05, 0.1) is 24.4 Å².